The zero-order valence-electron chi connectivity index (χ0n) is 12.8. The summed E-state index contributed by atoms with van der Waals surface area (Å²) in [6.45, 7) is 2.22. The van der Waals surface area contributed by atoms with E-state index in [1.54, 1.807) is 0 Å². The van der Waals surface area contributed by atoms with Gasteiger partial charge in [-0.3, -0.25) is 0 Å². The molecule has 2 aromatic rings. The van der Waals surface area contributed by atoms with Crippen molar-refractivity contribution in [3.63, 3.8) is 0 Å². The molecule has 1 aliphatic rings. The molecule has 116 valence electrons. The summed E-state index contributed by atoms with van der Waals surface area (Å²) in [7, 11) is 0. The lowest BCUT2D eigenvalue weighted by molar-refractivity contribution is 0.0583. The van der Waals surface area contributed by atoms with Gasteiger partial charge in [-0.1, -0.05) is 42.5 Å². The molecule has 3 rings (SSSR count). The number of ether oxygens (including phenoxy) is 2. The van der Waals surface area contributed by atoms with Crippen LogP contribution >= 0.6 is 0 Å². The van der Waals surface area contributed by atoms with Crippen molar-refractivity contribution >= 4 is 0 Å². The fourth-order valence-corrected chi connectivity index (χ4v) is 2.90. The van der Waals surface area contributed by atoms with E-state index in [2.05, 4.69) is 24.3 Å². The fraction of sp³-hybridized carbons (Fsp3) is 0.368. The highest BCUT2D eigenvalue weighted by Gasteiger charge is 2.22. The van der Waals surface area contributed by atoms with E-state index in [0.717, 1.165) is 37.4 Å². The first-order valence-corrected chi connectivity index (χ1v) is 7.93. The molecule has 0 spiro atoms. The highest BCUT2D eigenvalue weighted by molar-refractivity contribution is 5.31. The van der Waals surface area contributed by atoms with E-state index >= 15 is 0 Å². The topological polar surface area (TPSA) is 44.5 Å². The number of nitrogens with two attached hydrogens (primary N) is 1. The summed E-state index contributed by atoms with van der Waals surface area (Å²) in [6.07, 6.45) is 2.08. The second kappa shape index (κ2) is 7.43. The van der Waals surface area contributed by atoms with Gasteiger partial charge >= 0.3 is 0 Å². The number of hydrogen-bond donors (Lipinski definition) is 1. The van der Waals surface area contributed by atoms with Gasteiger partial charge in [0, 0.05) is 19.3 Å². The molecule has 0 saturated carbocycles. The largest absolute Gasteiger partial charge is 0.489 e. The van der Waals surface area contributed by atoms with Crippen LogP contribution in [-0.4, -0.2) is 13.2 Å². The normalized spacial score (nSPS) is 17.1. The number of benzene rings is 2. The Kier molecular flexibility index (Phi) is 5.09. The molecule has 1 atom stereocenters. The van der Waals surface area contributed by atoms with Gasteiger partial charge in [0.25, 0.3) is 0 Å². The van der Waals surface area contributed by atoms with Gasteiger partial charge in [0.1, 0.15) is 12.4 Å². The van der Waals surface area contributed by atoms with Gasteiger partial charge in [0.2, 0.25) is 0 Å². The third kappa shape index (κ3) is 3.87. The molecule has 0 amide bonds. The molecule has 1 saturated heterocycles. The highest BCUT2D eigenvalue weighted by atomic mass is 16.5. The Balaban J connectivity index is 1.64. The molecule has 3 heteroatoms. The monoisotopic (exact) mass is 297 g/mol. The van der Waals surface area contributed by atoms with Crippen LogP contribution in [0.4, 0.5) is 0 Å². The maximum atomic E-state index is 6.43. The average Bonchev–Trinajstić information content (AvgIpc) is 2.61. The van der Waals surface area contributed by atoms with Crippen LogP contribution < -0.4 is 10.5 Å². The quantitative estimate of drug-likeness (QED) is 0.915. The minimum atomic E-state index is 0.0594. The molecule has 2 N–H and O–H groups in total. The van der Waals surface area contributed by atoms with E-state index < -0.39 is 0 Å². The molecule has 1 heterocycles. The molecule has 0 unspecified atom stereocenters. The molecular weight excluding hydrogens is 274 g/mol. The molecule has 2 aromatic carbocycles. The molecule has 1 aliphatic heterocycles. The van der Waals surface area contributed by atoms with Crippen LogP contribution in [0.5, 0.6) is 5.75 Å². The van der Waals surface area contributed by atoms with Gasteiger partial charge in [-0.05, 0) is 42.0 Å². The molecule has 0 aliphatic carbocycles. The Morgan fingerprint density at radius 2 is 1.82 bits per heavy atom. The predicted octanol–water partition coefficient (Wildman–Crippen LogP) is 3.69. The van der Waals surface area contributed by atoms with Crippen LogP contribution in [0.1, 0.15) is 30.0 Å². The van der Waals surface area contributed by atoms with Gasteiger partial charge in [0.05, 0.1) is 0 Å². The molecule has 0 radical (unpaired) electrons. The van der Waals surface area contributed by atoms with Gasteiger partial charge in [-0.15, -0.1) is 0 Å². The van der Waals surface area contributed by atoms with E-state index in [1.165, 1.54) is 5.56 Å². The average molecular weight is 297 g/mol. The van der Waals surface area contributed by atoms with E-state index in [9.17, 15) is 0 Å². The lowest BCUT2D eigenvalue weighted by atomic mass is 9.88. The fourth-order valence-electron chi connectivity index (χ4n) is 2.90. The summed E-state index contributed by atoms with van der Waals surface area (Å²) in [5.74, 6) is 1.38. The molecule has 22 heavy (non-hydrogen) atoms. The summed E-state index contributed by atoms with van der Waals surface area (Å²) in [4.78, 5) is 0. The first kappa shape index (κ1) is 15.1. The summed E-state index contributed by atoms with van der Waals surface area (Å²) in [6, 6.07) is 18.4. The maximum absolute atomic E-state index is 6.43. The zero-order valence-corrected chi connectivity index (χ0v) is 12.8. The smallest absolute Gasteiger partial charge is 0.120 e. The minimum Gasteiger partial charge on any atom is -0.489 e. The number of hydrogen-bond acceptors (Lipinski definition) is 3. The van der Waals surface area contributed by atoms with Crippen molar-refractivity contribution in [1.82, 2.24) is 0 Å². The zero-order chi connectivity index (χ0) is 15.2. The minimum absolute atomic E-state index is 0.0594. The third-order valence-corrected chi connectivity index (χ3v) is 4.27. The van der Waals surface area contributed by atoms with Gasteiger partial charge in [0.15, 0.2) is 0 Å². The van der Waals surface area contributed by atoms with Crippen molar-refractivity contribution in [3.05, 3.63) is 65.7 Å². The Morgan fingerprint density at radius 1 is 1.05 bits per heavy atom. The summed E-state index contributed by atoms with van der Waals surface area (Å²) in [5.41, 5.74) is 8.75. The van der Waals surface area contributed by atoms with Crippen molar-refractivity contribution < 1.29 is 9.47 Å². The molecule has 0 aromatic heterocycles. The van der Waals surface area contributed by atoms with Crippen LogP contribution in [0.15, 0.2) is 54.6 Å². The summed E-state index contributed by atoms with van der Waals surface area (Å²) in [5, 5.41) is 0. The highest BCUT2D eigenvalue weighted by Crippen LogP contribution is 2.29. The number of rotatable bonds is 5. The lowest BCUT2D eigenvalue weighted by Gasteiger charge is -2.28. The second-order valence-corrected chi connectivity index (χ2v) is 5.82. The van der Waals surface area contributed by atoms with E-state index in [4.69, 9.17) is 15.2 Å². The first-order chi connectivity index (χ1) is 10.8. The molecule has 1 fully saturated rings. The Labute approximate surface area is 132 Å². The standard InChI is InChI=1S/C19H23NO2/c20-19(16-9-11-21-12-10-16)17-7-4-8-18(13-17)22-14-15-5-2-1-3-6-15/h1-8,13,16,19H,9-12,14,20H2/t19-/m0/s1. The van der Waals surface area contributed by atoms with Gasteiger partial charge < -0.3 is 15.2 Å². The SMILES string of the molecule is N[C@H](c1cccc(OCc2ccccc2)c1)C1CCOCC1. The first-order valence-electron chi connectivity index (χ1n) is 7.93. The van der Waals surface area contributed by atoms with E-state index in [1.807, 2.05) is 30.3 Å². The summed E-state index contributed by atoms with van der Waals surface area (Å²) < 4.78 is 11.3. The van der Waals surface area contributed by atoms with Crippen molar-refractivity contribution in [2.24, 2.45) is 11.7 Å². The van der Waals surface area contributed by atoms with Gasteiger partial charge in [-0.2, -0.15) is 0 Å². The Hall–Kier alpha value is -1.84. The van der Waals surface area contributed by atoms with Gasteiger partial charge in [-0.25, -0.2) is 0 Å². The Bertz CT molecular complexity index is 579. The second-order valence-electron chi connectivity index (χ2n) is 5.82. The summed E-state index contributed by atoms with van der Waals surface area (Å²) >= 11 is 0. The van der Waals surface area contributed by atoms with Crippen LogP contribution in [0, 0.1) is 5.92 Å². The van der Waals surface area contributed by atoms with Crippen molar-refractivity contribution in [2.45, 2.75) is 25.5 Å². The predicted molar refractivity (Wildman–Crippen MR) is 87.7 cm³/mol. The lowest BCUT2D eigenvalue weighted by Crippen LogP contribution is -2.27. The third-order valence-electron chi connectivity index (χ3n) is 4.27. The van der Waals surface area contributed by atoms with E-state index in [0.29, 0.717) is 12.5 Å². The molecule has 0 bridgehead atoms. The van der Waals surface area contributed by atoms with Crippen LogP contribution in [0.3, 0.4) is 0 Å². The van der Waals surface area contributed by atoms with Crippen molar-refractivity contribution in [2.75, 3.05) is 13.2 Å². The van der Waals surface area contributed by atoms with Crippen LogP contribution in [0.2, 0.25) is 0 Å². The molecular formula is C19H23NO2. The Morgan fingerprint density at radius 3 is 2.59 bits per heavy atom. The molecule has 3 nitrogen and oxygen atoms in total. The maximum Gasteiger partial charge on any atom is 0.120 e. The van der Waals surface area contributed by atoms with E-state index in [-0.39, 0.29) is 6.04 Å². The van der Waals surface area contributed by atoms with Crippen molar-refractivity contribution in [3.8, 4) is 5.75 Å². The van der Waals surface area contributed by atoms with Crippen LogP contribution in [0.25, 0.3) is 0 Å². The van der Waals surface area contributed by atoms with Crippen molar-refractivity contribution in [1.29, 1.82) is 0 Å². The van der Waals surface area contributed by atoms with Crippen LogP contribution in [-0.2, 0) is 11.3 Å².